The summed E-state index contributed by atoms with van der Waals surface area (Å²) in [5.41, 5.74) is 1.33. The van der Waals surface area contributed by atoms with Crippen molar-refractivity contribution in [1.82, 2.24) is 0 Å². The van der Waals surface area contributed by atoms with E-state index in [1.165, 1.54) is 12.5 Å². The zero-order valence-electron chi connectivity index (χ0n) is 10.3. The van der Waals surface area contributed by atoms with Gasteiger partial charge in [0.2, 0.25) is 5.84 Å². The van der Waals surface area contributed by atoms with E-state index < -0.39 is 24.4 Å². The standard InChI is InChI=1S/C11H13N5O4/c12-16-11-7-6(14-3-15-11)4(1-13-7)10-9(19)8(18)5(2-17)20-10/h1,3,5,8-10,17-19H,2,12H2/t5-,8-,9-,10+/m1/s1. The van der Waals surface area contributed by atoms with E-state index in [4.69, 9.17) is 15.7 Å². The van der Waals surface area contributed by atoms with E-state index in [0.717, 1.165) is 0 Å². The van der Waals surface area contributed by atoms with Gasteiger partial charge in [0.1, 0.15) is 42.2 Å². The highest BCUT2D eigenvalue weighted by Crippen LogP contribution is 2.30. The highest BCUT2D eigenvalue weighted by Gasteiger charge is 2.46. The monoisotopic (exact) mass is 279 g/mol. The molecule has 0 saturated carbocycles. The van der Waals surface area contributed by atoms with E-state index in [1.54, 1.807) is 0 Å². The number of amidine groups is 1. The third-order valence-electron chi connectivity index (χ3n) is 3.38. The summed E-state index contributed by atoms with van der Waals surface area (Å²) >= 11 is 0. The first-order valence-electron chi connectivity index (χ1n) is 5.97. The number of nitrogens with two attached hydrogens (primary N) is 1. The van der Waals surface area contributed by atoms with Gasteiger partial charge < -0.3 is 25.9 Å². The van der Waals surface area contributed by atoms with Crippen molar-refractivity contribution in [2.24, 2.45) is 25.9 Å². The van der Waals surface area contributed by atoms with Gasteiger partial charge in [0.05, 0.1) is 6.61 Å². The van der Waals surface area contributed by atoms with Gasteiger partial charge in [0, 0.05) is 11.8 Å². The van der Waals surface area contributed by atoms with E-state index in [2.05, 4.69) is 20.1 Å². The van der Waals surface area contributed by atoms with Crippen molar-refractivity contribution in [1.29, 1.82) is 0 Å². The second kappa shape index (κ2) is 4.87. The molecule has 0 amide bonds. The van der Waals surface area contributed by atoms with E-state index in [1.807, 2.05) is 0 Å². The average Bonchev–Trinajstić information content (AvgIpc) is 3.01. The van der Waals surface area contributed by atoms with Crippen LogP contribution < -0.4 is 5.84 Å². The molecule has 0 aromatic carbocycles. The lowest BCUT2D eigenvalue weighted by molar-refractivity contribution is -0.0130. The number of aliphatic hydroxyl groups excluding tert-OH is 3. The maximum absolute atomic E-state index is 10.0. The molecule has 0 aliphatic carbocycles. The zero-order valence-corrected chi connectivity index (χ0v) is 10.3. The lowest BCUT2D eigenvalue weighted by Gasteiger charge is -2.17. The van der Waals surface area contributed by atoms with Gasteiger partial charge >= 0.3 is 0 Å². The van der Waals surface area contributed by atoms with Crippen LogP contribution in [0, 0.1) is 0 Å². The molecule has 0 aromatic heterocycles. The molecule has 3 rings (SSSR count). The second-order valence-electron chi connectivity index (χ2n) is 4.50. The summed E-state index contributed by atoms with van der Waals surface area (Å²) in [4.78, 5) is 12.1. The Balaban J connectivity index is 1.88. The minimum atomic E-state index is -1.17. The van der Waals surface area contributed by atoms with Gasteiger partial charge in [-0.2, -0.15) is 5.10 Å². The molecule has 106 valence electrons. The van der Waals surface area contributed by atoms with Crippen molar-refractivity contribution >= 4 is 23.6 Å². The summed E-state index contributed by atoms with van der Waals surface area (Å²) in [6.07, 6.45) is -1.27. The smallest absolute Gasteiger partial charge is 0.201 e. The number of hydrogen-bond donors (Lipinski definition) is 4. The summed E-state index contributed by atoms with van der Waals surface area (Å²) in [5.74, 6) is 5.44. The lowest BCUT2D eigenvalue weighted by Crippen LogP contribution is -2.37. The van der Waals surface area contributed by atoms with Crippen molar-refractivity contribution in [2.75, 3.05) is 6.61 Å². The van der Waals surface area contributed by atoms with E-state index in [0.29, 0.717) is 17.0 Å². The molecule has 20 heavy (non-hydrogen) atoms. The summed E-state index contributed by atoms with van der Waals surface area (Å²) in [7, 11) is 0. The number of hydrogen-bond acceptors (Lipinski definition) is 8. The maximum Gasteiger partial charge on any atom is 0.201 e. The second-order valence-corrected chi connectivity index (χ2v) is 4.50. The van der Waals surface area contributed by atoms with Crippen molar-refractivity contribution in [3.05, 3.63) is 11.8 Å². The minimum absolute atomic E-state index is 0.230. The Bertz CT molecular complexity index is 579. The molecule has 3 heterocycles. The van der Waals surface area contributed by atoms with Gasteiger partial charge in [-0.3, -0.25) is 4.99 Å². The van der Waals surface area contributed by atoms with Gasteiger partial charge in [-0.25, -0.2) is 9.98 Å². The molecule has 4 atom stereocenters. The first-order chi connectivity index (χ1) is 9.67. The average molecular weight is 279 g/mol. The topological polar surface area (TPSA) is 145 Å². The minimum Gasteiger partial charge on any atom is -0.394 e. The van der Waals surface area contributed by atoms with Gasteiger partial charge in [-0.15, -0.1) is 0 Å². The summed E-state index contributed by atoms with van der Waals surface area (Å²) < 4.78 is 5.45. The first-order valence-corrected chi connectivity index (χ1v) is 5.97. The number of fused-ring (bicyclic) bond motifs is 1. The van der Waals surface area contributed by atoms with Gasteiger partial charge in [0.15, 0.2) is 0 Å². The quantitative estimate of drug-likeness (QED) is 0.328. The normalized spacial score (nSPS) is 37.8. The Morgan fingerprint density at radius 1 is 1.25 bits per heavy atom. The molecule has 0 bridgehead atoms. The third kappa shape index (κ3) is 1.79. The van der Waals surface area contributed by atoms with Gasteiger partial charge in [0.25, 0.3) is 0 Å². The van der Waals surface area contributed by atoms with E-state index in [-0.39, 0.29) is 12.4 Å². The van der Waals surface area contributed by atoms with Crippen LogP contribution in [0.2, 0.25) is 0 Å². The number of ether oxygens (including phenoxy) is 1. The molecular formula is C11H13N5O4. The number of aliphatic hydroxyl groups is 3. The number of aliphatic imine (C=N–C) groups is 3. The summed E-state index contributed by atoms with van der Waals surface area (Å²) in [5, 5.41) is 32.4. The Labute approximate surface area is 113 Å². The highest BCUT2D eigenvalue weighted by atomic mass is 16.6. The Hall–Kier alpha value is -1.94. The van der Waals surface area contributed by atoms with Crippen LogP contribution in [0.25, 0.3) is 0 Å². The summed E-state index contributed by atoms with van der Waals surface area (Å²) in [6, 6.07) is 0. The van der Waals surface area contributed by atoms with Crippen LogP contribution in [-0.4, -0.2) is 69.9 Å². The van der Waals surface area contributed by atoms with Crippen LogP contribution in [-0.2, 0) is 4.74 Å². The fourth-order valence-electron chi connectivity index (χ4n) is 2.35. The predicted molar refractivity (Wildman–Crippen MR) is 70.8 cm³/mol. The predicted octanol–water partition coefficient (Wildman–Crippen LogP) is -2.44. The van der Waals surface area contributed by atoms with Crippen LogP contribution in [0.15, 0.2) is 31.9 Å². The van der Waals surface area contributed by atoms with Crippen LogP contribution in [0.1, 0.15) is 0 Å². The molecule has 1 fully saturated rings. The van der Waals surface area contributed by atoms with Gasteiger partial charge in [-0.05, 0) is 0 Å². The van der Waals surface area contributed by atoms with Crippen LogP contribution in [0.4, 0.5) is 0 Å². The van der Waals surface area contributed by atoms with Gasteiger partial charge in [-0.1, -0.05) is 0 Å². The van der Waals surface area contributed by atoms with Crippen LogP contribution >= 0.6 is 0 Å². The third-order valence-corrected chi connectivity index (χ3v) is 3.38. The zero-order chi connectivity index (χ0) is 14.3. The Morgan fingerprint density at radius 3 is 2.70 bits per heavy atom. The van der Waals surface area contributed by atoms with Crippen molar-refractivity contribution in [2.45, 2.75) is 24.4 Å². The van der Waals surface area contributed by atoms with Crippen LogP contribution in [0.3, 0.4) is 0 Å². The van der Waals surface area contributed by atoms with Crippen molar-refractivity contribution in [3.63, 3.8) is 0 Å². The largest absolute Gasteiger partial charge is 0.394 e. The number of nitrogens with zero attached hydrogens (tertiary/aromatic N) is 4. The summed E-state index contributed by atoms with van der Waals surface area (Å²) in [6.45, 7) is -0.390. The van der Waals surface area contributed by atoms with E-state index >= 15 is 0 Å². The van der Waals surface area contributed by atoms with Crippen molar-refractivity contribution < 1.29 is 20.1 Å². The Kier molecular flexibility index (Phi) is 3.18. The SMILES string of the molecule is NN=C1N=CN=C2C([C@@H]3O[C@H](CO)[C@@H](O)[C@H]3O)=CN=C12. The fourth-order valence-corrected chi connectivity index (χ4v) is 2.35. The lowest BCUT2D eigenvalue weighted by atomic mass is 9.97. The molecule has 0 aromatic rings. The molecule has 9 heteroatoms. The highest BCUT2D eigenvalue weighted by molar-refractivity contribution is 6.74. The molecule has 5 N–H and O–H groups in total. The molecule has 0 unspecified atom stereocenters. The first kappa shape index (κ1) is 13.1. The molecule has 0 spiro atoms. The number of rotatable bonds is 2. The fraction of sp³-hybridized carbons (Fsp3) is 0.455. The molecule has 3 aliphatic heterocycles. The molecule has 3 aliphatic rings. The van der Waals surface area contributed by atoms with Crippen molar-refractivity contribution in [3.8, 4) is 0 Å². The molecular weight excluding hydrogens is 266 g/mol. The number of hydrazone groups is 1. The molecule has 0 radical (unpaired) electrons. The maximum atomic E-state index is 10.0. The molecule has 9 nitrogen and oxygen atoms in total. The Morgan fingerprint density at radius 2 is 2.05 bits per heavy atom. The molecule has 1 saturated heterocycles. The van der Waals surface area contributed by atoms with Crippen LogP contribution in [0.5, 0.6) is 0 Å². The van der Waals surface area contributed by atoms with E-state index in [9.17, 15) is 10.2 Å².